The average molecular weight is 308 g/mol. The zero-order valence-corrected chi connectivity index (χ0v) is 14.1. The molecule has 8 unspecified atom stereocenters. The molecule has 3 rings (SSSR count). The third-order valence-electron chi connectivity index (χ3n) is 6.83. The van der Waals surface area contributed by atoms with Crippen molar-refractivity contribution in [2.45, 2.75) is 52.6 Å². The van der Waals surface area contributed by atoms with Gasteiger partial charge in [0, 0.05) is 6.92 Å². The van der Waals surface area contributed by atoms with Gasteiger partial charge in [-0.15, -0.1) is 0 Å². The summed E-state index contributed by atoms with van der Waals surface area (Å²) < 4.78 is 10.3. The molecule has 0 spiro atoms. The SMILES string of the molecule is COC(=O)CC(OC(C)=O)C1CC2CC1C1C(C)C(C)CC21. The summed E-state index contributed by atoms with van der Waals surface area (Å²) in [5.74, 6) is 4.32. The largest absolute Gasteiger partial charge is 0.469 e. The van der Waals surface area contributed by atoms with Gasteiger partial charge in [0.05, 0.1) is 13.5 Å². The molecule has 0 aliphatic heterocycles. The van der Waals surface area contributed by atoms with Gasteiger partial charge >= 0.3 is 11.9 Å². The van der Waals surface area contributed by atoms with Crippen molar-refractivity contribution in [3.63, 3.8) is 0 Å². The lowest BCUT2D eigenvalue weighted by Crippen LogP contribution is -2.38. The van der Waals surface area contributed by atoms with Crippen LogP contribution in [-0.2, 0) is 19.1 Å². The number of fused-ring (bicyclic) bond motifs is 5. The molecule has 3 saturated carbocycles. The molecule has 4 heteroatoms. The van der Waals surface area contributed by atoms with Gasteiger partial charge in [-0.1, -0.05) is 13.8 Å². The number of carbonyl (C=O) groups excluding carboxylic acids is 2. The highest BCUT2D eigenvalue weighted by Crippen LogP contribution is 2.64. The van der Waals surface area contributed by atoms with Gasteiger partial charge in [0.15, 0.2) is 0 Å². The monoisotopic (exact) mass is 308 g/mol. The number of esters is 2. The predicted octanol–water partition coefficient (Wildman–Crippen LogP) is 3.05. The highest BCUT2D eigenvalue weighted by molar-refractivity contribution is 5.71. The molecule has 0 radical (unpaired) electrons. The minimum Gasteiger partial charge on any atom is -0.469 e. The number of hydrogen-bond acceptors (Lipinski definition) is 4. The van der Waals surface area contributed by atoms with Crippen LogP contribution in [0.4, 0.5) is 0 Å². The second kappa shape index (κ2) is 5.86. The molecule has 0 aromatic rings. The number of hydrogen-bond donors (Lipinski definition) is 0. The first-order valence-electron chi connectivity index (χ1n) is 8.66. The van der Waals surface area contributed by atoms with Crippen molar-refractivity contribution in [1.29, 1.82) is 0 Å². The molecular weight excluding hydrogens is 280 g/mol. The van der Waals surface area contributed by atoms with Crippen LogP contribution < -0.4 is 0 Å². The molecule has 3 aliphatic rings. The molecule has 0 aromatic heterocycles. The van der Waals surface area contributed by atoms with Crippen LogP contribution in [0.25, 0.3) is 0 Å². The lowest BCUT2D eigenvalue weighted by molar-refractivity contribution is -0.157. The van der Waals surface area contributed by atoms with Crippen molar-refractivity contribution >= 4 is 11.9 Å². The molecule has 0 amide bonds. The Morgan fingerprint density at radius 1 is 1.14 bits per heavy atom. The van der Waals surface area contributed by atoms with Crippen molar-refractivity contribution < 1.29 is 19.1 Å². The Labute approximate surface area is 132 Å². The van der Waals surface area contributed by atoms with Crippen molar-refractivity contribution in [3.05, 3.63) is 0 Å². The van der Waals surface area contributed by atoms with Crippen LogP contribution in [0.3, 0.4) is 0 Å². The molecule has 124 valence electrons. The summed E-state index contributed by atoms with van der Waals surface area (Å²) in [5, 5.41) is 0. The van der Waals surface area contributed by atoms with Crippen molar-refractivity contribution in [3.8, 4) is 0 Å². The van der Waals surface area contributed by atoms with E-state index < -0.39 is 0 Å². The number of ether oxygens (including phenoxy) is 2. The maximum atomic E-state index is 11.7. The Kier molecular flexibility index (Phi) is 4.21. The van der Waals surface area contributed by atoms with Crippen molar-refractivity contribution in [2.24, 2.45) is 41.4 Å². The average Bonchev–Trinajstić information content (AvgIpc) is 3.10. The first-order chi connectivity index (χ1) is 10.4. The number of methoxy groups -OCH3 is 1. The van der Waals surface area contributed by atoms with E-state index in [1.54, 1.807) is 0 Å². The Hall–Kier alpha value is -1.06. The smallest absolute Gasteiger partial charge is 0.309 e. The van der Waals surface area contributed by atoms with Crippen molar-refractivity contribution in [2.75, 3.05) is 7.11 Å². The molecule has 0 heterocycles. The molecule has 4 nitrogen and oxygen atoms in total. The highest BCUT2D eigenvalue weighted by Gasteiger charge is 2.59. The highest BCUT2D eigenvalue weighted by atomic mass is 16.6. The summed E-state index contributed by atoms with van der Waals surface area (Å²) in [7, 11) is 1.39. The van der Waals surface area contributed by atoms with E-state index in [1.165, 1.54) is 26.9 Å². The van der Waals surface area contributed by atoms with E-state index in [-0.39, 0.29) is 24.5 Å². The van der Waals surface area contributed by atoms with E-state index in [0.717, 1.165) is 36.0 Å². The van der Waals surface area contributed by atoms with E-state index in [4.69, 9.17) is 9.47 Å². The quantitative estimate of drug-likeness (QED) is 0.749. The molecule has 3 fully saturated rings. The van der Waals surface area contributed by atoms with Crippen LogP contribution in [0.5, 0.6) is 0 Å². The fourth-order valence-electron chi connectivity index (χ4n) is 5.89. The standard InChI is InChI=1S/C18H28O4/c1-9-5-13-12-6-14(15(7-12)18(13)10(9)2)16(22-11(3)19)8-17(20)21-4/h9-10,12-16,18H,5-8H2,1-4H3. The molecule has 0 N–H and O–H groups in total. The summed E-state index contributed by atoms with van der Waals surface area (Å²) >= 11 is 0. The van der Waals surface area contributed by atoms with Gasteiger partial charge in [0.25, 0.3) is 0 Å². The lowest BCUT2D eigenvalue weighted by Gasteiger charge is -2.37. The molecule has 3 aliphatic carbocycles. The molecule has 0 aromatic carbocycles. The van der Waals surface area contributed by atoms with Crippen LogP contribution in [0.15, 0.2) is 0 Å². The lowest BCUT2D eigenvalue weighted by atomic mass is 9.70. The Bertz CT molecular complexity index is 460. The van der Waals surface area contributed by atoms with E-state index in [9.17, 15) is 9.59 Å². The summed E-state index contributed by atoms with van der Waals surface area (Å²) in [6.45, 7) is 6.18. The van der Waals surface area contributed by atoms with Crippen LogP contribution >= 0.6 is 0 Å². The molecular formula is C18H28O4. The summed E-state index contributed by atoms with van der Waals surface area (Å²) in [6, 6.07) is 0. The topological polar surface area (TPSA) is 52.6 Å². The van der Waals surface area contributed by atoms with Crippen LogP contribution in [0.2, 0.25) is 0 Å². The van der Waals surface area contributed by atoms with E-state index in [2.05, 4.69) is 13.8 Å². The van der Waals surface area contributed by atoms with E-state index in [0.29, 0.717) is 11.8 Å². The Balaban J connectivity index is 1.76. The van der Waals surface area contributed by atoms with E-state index >= 15 is 0 Å². The second-order valence-electron chi connectivity index (χ2n) is 7.80. The second-order valence-corrected chi connectivity index (χ2v) is 7.80. The Morgan fingerprint density at radius 3 is 2.50 bits per heavy atom. The molecule has 0 saturated heterocycles. The van der Waals surface area contributed by atoms with Gasteiger partial charge in [0.2, 0.25) is 0 Å². The summed E-state index contributed by atoms with van der Waals surface area (Å²) in [4.78, 5) is 23.2. The first kappa shape index (κ1) is 15.8. The van der Waals surface area contributed by atoms with Crippen LogP contribution in [0, 0.1) is 41.4 Å². The van der Waals surface area contributed by atoms with Crippen LogP contribution in [-0.4, -0.2) is 25.2 Å². The zero-order chi connectivity index (χ0) is 16.0. The summed E-state index contributed by atoms with van der Waals surface area (Å²) in [5.41, 5.74) is 0. The van der Waals surface area contributed by atoms with Gasteiger partial charge in [0.1, 0.15) is 6.10 Å². The van der Waals surface area contributed by atoms with Gasteiger partial charge in [-0.2, -0.15) is 0 Å². The van der Waals surface area contributed by atoms with Gasteiger partial charge < -0.3 is 9.47 Å². The van der Waals surface area contributed by atoms with Crippen LogP contribution in [0.1, 0.15) is 46.5 Å². The van der Waals surface area contributed by atoms with Crippen molar-refractivity contribution in [1.82, 2.24) is 0 Å². The summed E-state index contributed by atoms with van der Waals surface area (Å²) in [6.07, 6.45) is 3.63. The third-order valence-corrected chi connectivity index (χ3v) is 6.83. The number of rotatable bonds is 4. The normalized spacial score (nSPS) is 43.7. The molecule has 2 bridgehead atoms. The van der Waals surface area contributed by atoms with Gasteiger partial charge in [-0.3, -0.25) is 9.59 Å². The van der Waals surface area contributed by atoms with Gasteiger partial charge in [-0.25, -0.2) is 0 Å². The minimum absolute atomic E-state index is 0.200. The fourth-order valence-corrected chi connectivity index (χ4v) is 5.89. The minimum atomic E-state index is -0.302. The van der Waals surface area contributed by atoms with Gasteiger partial charge in [-0.05, 0) is 60.7 Å². The molecule has 8 atom stereocenters. The zero-order valence-electron chi connectivity index (χ0n) is 14.1. The first-order valence-corrected chi connectivity index (χ1v) is 8.66. The van der Waals surface area contributed by atoms with E-state index in [1.807, 2.05) is 0 Å². The predicted molar refractivity (Wildman–Crippen MR) is 81.8 cm³/mol. The maximum Gasteiger partial charge on any atom is 0.309 e. The number of carbonyl (C=O) groups is 2. The maximum absolute atomic E-state index is 11.7. The fraction of sp³-hybridized carbons (Fsp3) is 0.889. The Morgan fingerprint density at radius 2 is 1.86 bits per heavy atom. The molecule has 22 heavy (non-hydrogen) atoms. The third kappa shape index (κ3) is 2.55.